The number of unbranched alkanes of at least 4 members (excludes halogenated alkanes) is 12. The van der Waals surface area contributed by atoms with Crippen LogP contribution >= 0.6 is 0 Å². The Morgan fingerprint density at radius 1 is 0.529 bits per heavy atom. The predicted octanol–water partition coefficient (Wildman–Crippen LogP) is 7.96. The largest absolute Gasteiger partial charge is 0.0616 e. The molecule has 0 atom stereocenters. The van der Waals surface area contributed by atoms with E-state index in [1.54, 1.807) is 0 Å². The van der Waals surface area contributed by atoms with Gasteiger partial charge in [0.25, 0.3) is 0 Å². The third kappa shape index (κ3) is 18.8. The van der Waals surface area contributed by atoms with Crippen molar-refractivity contribution in [3.05, 3.63) is 48.5 Å². The van der Waals surface area contributed by atoms with E-state index >= 15 is 0 Å². The first kappa shape index (κ1) is 33.6. The molecule has 34 heavy (non-hydrogen) atoms. The molecule has 0 radical (unpaired) electrons. The van der Waals surface area contributed by atoms with Gasteiger partial charge in [-0.15, -0.1) is 0 Å². The second-order valence-corrected chi connectivity index (χ2v) is 9.93. The molecule has 0 fully saturated rings. The van der Waals surface area contributed by atoms with Gasteiger partial charge in [0.15, 0.2) is 0 Å². The first-order valence-corrected chi connectivity index (χ1v) is 14.4. The van der Waals surface area contributed by atoms with Crippen molar-refractivity contribution in [3.8, 4) is 0 Å². The minimum Gasteiger partial charge on any atom is -0.0616 e. The first-order valence-electron chi connectivity index (χ1n) is 13.1. The third-order valence-electron chi connectivity index (χ3n) is 5.61. The van der Waals surface area contributed by atoms with Crippen LogP contribution in [-0.4, -0.2) is 51.2 Å². The average Bonchev–Trinajstić information content (AvgIpc) is 2.83. The maximum Gasteiger partial charge on any atom is -0.0184 e. The minimum atomic E-state index is -3.78. The molecular weight excluding hydrogens is 455 g/mol. The molecule has 2 aromatic rings. The Labute approximate surface area is 231 Å². The number of rotatable bonds is 18. The Bertz CT molecular complexity index is 719. The maximum atomic E-state index is 11.5. The zero-order valence-corrected chi connectivity index (χ0v) is 21.8. The summed E-state index contributed by atoms with van der Waals surface area (Å²) in [6.07, 6.45) is 16.0. The Hall–Kier alpha value is -0.430. The van der Waals surface area contributed by atoms with Gasteiger partial charge in [-0.2, -0.15) is 8.42 Å². The molecule has 0 amide bonds. The van der Waals surface area contributed by atoms with Crippen LogP contribution in [0.5, 0.6) is 0 Å². The fourth-order valence-corrected chi connectivity index (χ4v) is 4.32. The van der Waals surface area contributed by atoms with E-state index in [0.29, 0.717) is 0 Å². The molecule has 4 nitrogen and oxygen atoms in total. The van der Waals surface area contributed by atoms with Crippen LogP contribution < -0.4 is 0 Å². The van der Waals surface area contributed by atoms with Crippen LogP contribution in [0.25, 0.3) is 10.8 Å². The van der Waals surface area contributed by atoms with Crippen molar-refractivity contribution in [3.63, 3.8) is 0 Å². The number of hydrogen-bond acceptors (Lipinski definition) is 4. The second kappa shape index (κ2) is 23.0. The second-order valence-electron chi connectivity index (χ2n) is 8.64. The van der Waals surface area contributed by atoms with Gasteiger partial charge in [-0.05, 0) is 23.6 Å². The Morgan fingerprint density at radius 2 is 0.824 bits per heavy atom. The quantitative estimate of drug-likeness (QED) is 0.153. The zero-order chi connectivity index (χ0) is 24.0. The van der Waals surface area contributed by atoms with Crippen LogP contribution in [0.15, 0.2) is 48.5 Å². The number of fused-ring (bicyclic) bond motifs is 1. The molecule has 0 aromatic heterocycles. The molecule has 0 aliphatic heterocycles. The SMILES string of the molecule is CCCCCCCCCOS(=O)(=O)OCCCCCCCCC.[NaH].c1ccc2ccccc2c1. The van der Waals surface area contributed by atoms with E-state index in [4.69, 9.17) is 8.37 Å². The van der Waals surface area contributed by atoms with Gasteiger partial charge in [-0.1, -0.05) is 139 Å². The van der Waals surface area contributed by atoms with Gasteiger partial charge >= 0.3 is 40.0 Å². The van der Waals surface area contributed by atoms with E-state index < -0.39 is 10.4 Å². The maximum absolute atomic E-state index is 11.5. The Kier molecular flexibility index (Phi) is 22.7. The fraction of sp³-hybridized carbons (Fsp3) is 0.643. The van der Waals surface area contributed by atoms with Crippen LogP contribution in [0.3, 0.4) is 0 Å². The molecule has 0 saturated carbocycles. The minimum absolute atomic E-state index is 0. The van der Waals surface area contributed by atoms with Gasteiger partial charge in [0.1, 0.15) is 0 Å². The molecule has 2 rings (SSSR count). The summed E-state index contributed by atoms with van der Waals surface area (Å²) >= 11 is 0. The van der Waals surface area contributed by atoms with Gasteiger partial charge in [0, 0.05) is 0 Å². The topological polar surface area (TPSA) is 52.6 Å². The van der Waals surface area contributed by atoms with Crippen molar-refractivity contribution in [2.24, 2.45) is 0 Å². The van der Waals surface area contributed by atoms with Crippen molar-refractivity contribution in [2.75, 3.05) is 13.2 Å². The summed E-state index contributed by atoms with van der Waals surface area (Å²) in [4.78, 5) is 0. The van der Waals surface area contributed by atoms with Crippen LogP contribution in [-0.2, 0) is 18.8 Å². The molecule has 190 valence electrons. The van der Waals surface area contributed by atoms with Crippen LogP contribution in [0.4, 0.5) is 0 Å². The molecule has 6 heteroatoms. The molecule has 0 heterocycles. The normalized spacial score (nSPS) is 11.0. The van der Waals surface area contributed by atoms with Crippen LogP contribution in [0.1, 0.15) is 104 Å². The monoisotopic (exact) mass is 502 g/mol. The van der Waals surface area contributed by atoms with Gasteiger partial charge in [0.05, 0.1) is 13.2 Å². The van der Waals surface area contributed by atoms with Crippen molar-refractivity contribution < 1.29 is 16.8 Å². The summed E-state index contributed by atoms with van der Waals surface area (Å²) < 4.78 is 32.8. The fourth-order valence-electron chi connectivity index (χ4n) is 3.61. The average molecular weight is 503 g/mol. The van der Waals surface area contributed by atoms with Gasteiger partial charge in [-0.3, -0.25) is 0 Å². The smallest absolute Gasteiger partial charge is 0.0184 e. The molecule has 0 bridgehead atoms. The van der Waals surface area contributed by atoms with E-state index in [0.717, 1.165) is 38.5 Å². The van der Waals surface area contributed by atoms with E-state index in [9.17, 15) is 8.42 Å². The molecule has 0 aliphatic carbocycles. The molecular formula is C28H47NaO4S. The summed E-state index contributed by atoms with van der Waals surface area (Å²) in [6, 6.07) is 16.7. The Morgan fingerprint density at radius 3 is 1.15 bits per heavy atom. The van der Waals surface area contributed by atoms with Gasteiger partial charge in [-0.25, -0.2) is 8.37 Å². The summed E-state index contributed by atoms with van der Waals surface area (Å²) in [5, 5.41) is 2.62. The van der Waals surface area contributed by atoms with E-state index in [-0.39, 0.29) is 42.8 Å². The van der Waals surface area contributed by atoms with Gasteiger partial charge in [0.2, 0.25) is 0 Å². The summed E-state index contributed by atoms with van der Waals surface area (Å²) in [6.45, 7) is 4.89. The van der Waals surface area contributed by atoms with Crippen LogP contribution in [0.2, 0.25) is 0 Å². The van der Waals surface area contributed by atoms with Crippen molar-refractivity contribution >= 4 is 50.7 Å². The zero-order valence-electron chi connectivity index (χ0n) is 21.0. The van der Waals surface area contributed by atoms with Crippen LogP contribution in [0, 0.1) is 0 Å². The van der Waals surface area contributed by atoms with Crippen molar-refractivity contribution in [2.45, 2.75) is 104 Å². The van der Waals surface area contributed by atoms with E-state index in [1.165, 1.54) is 62.1 Å². The predicted molar refractivity (Wildman–Crippen MR) is 148 cm³/mol. The molecule has 0 aliphatic rings. The van der Waals surface area contributed by atoms with E-state index in [2.05, 4.69) is 62.4 Å². The number of hydrogen-bond donors (Lipinski definition) is 0. The molecule has 0 unspecified atom stereocenters. The standard InChI is InChI=1S/C18H38O4S.C10H8.Na.H/c1-3-5-7-9-11-13-15-17-21-23(19,20)22-18-16-14-12-10-8-6-4-2;1-2-6-10-8-4-3-7-9(10)5-1;;/h3-18H2,1-2H3;1-8H;;. The molecule has 2 aromatic carbocycles. The van der Waals surface area contributed by atoms with Crippen molar-refractivity contribution in [1.82, 2.24) is 0 Å². The van der Waals surface area contributed by atoms with Crippen molar-refractivity contribution in [1.29, 1.82) is 0 Å². The molecule has 0 saturated heterocycles. The summed E-state index contributed by atoms with van der Waals surface area (Å²) in [5.74, 6) is 0. The van der Waals surface area contributed by atoms with E-state index in [1.807, 2.05) is 0 Å². The molecule has 0 spiro atoms. The van der Waals surface area contributed by atoms with Gasteiger partial charge < -0.3 is 0 Å². The summed E-state index contributed by atoms with van der Waals surface area (Å²) in [7, 11) is -3.78. The molecule has 0 N–H and O–H groups in total. The Balaban J connectivity index is 0.000000811. The summed E-state index contributed by atoms with van der Waals surface area (Å²) in [5.41, 5.74) is 0. The number of benzene rings is 2. The third-order valence-corrected chi connectivity index (χ3v) is 6.52. The first-order chi connectivity index (χ1) is 16.1.